The van der Waals surface area contributed by atoms with E-state index in [0.717, 1.165) is 27.7 Å². The van der Waals surface area contributed by atoms with Gasteiger partial charge in [0.1, 0.15) is 5.82 Å². The van der Waals surface area contributed by atoms with Gasteiger partial charge in [0, 0.05) is 5.56 Å². The van der Waals surface area contributed by atoms with Crippen LogP contribution >= 0.6 is 22.6 Å². The molecule has 1 N–H and O–H groups in total. The number of ether oxygens (including phenoxy) is 2. The SMILES string of the molecule is COc1cc(-c2nc3ccccc3c(=O)[nH]2)cc(I)c1OC1CCCC1. The number of benzene rings is 2. The number of nitrogens with one attached hydrogen (secondary N) is 1. The summed E-state index contributed by atoms with van der Waals surface area (Å²) in [5, 5.41) is 0.582. The maximum absolute atomic E-state index is 12.4. The van der Waals surface area contributed by atoms with E-state index >= 15 is 0 Å². The summed E-state index contributed by atoms with van der Waals surface area (Å²) in [4.78, 5) is 19.8. The molecule has 1 heterocycles. The van der Waals surface area contributed by atoms with Crippen molar-refractivity contribution in [1.29, 1.82) is 0 Å². The van der Waals surface area contributed by atoms with Crippen LogP contribution in [0.2, 0.25) is 0 Å². The van der Waals surface area contributed by atoms with Crippen molar-refractivity contribution >= 4 is 33.5 Å². The van der Waals surface area contributed by atoms with Crippen molar-refractivity contribution in [3.05, 3.63) is 50.3 Å². The summed E-state index contributed by atoms with van der Waals surface area (Å²) in [6.07, 6.45) is 4.84. The Morgan fingerprint density at radius 1 is 1.19 bits per heavy atom. The number of para-hydroxylation sites is 1. The number of nitrogens with zero attached hydrogens (tertiary/aromatic N) is 1. The van der Waals surface area contributed by atoms with Crippen LogP contribution in [0.4, 0.5) is 0 Å². The highest BCUT2D eigenvalue weighted by Gasteiger charge is 2.21. The zero-order chi connectivity index (χ0) is 18.1. The molecule has 134 valence electrons. The summed E-state index contributed by atoms with van der Waals surface area (Å²) < 4.78 is 12.7. The molecule has 0 spiro atoms. The lowest BCUT2D eigenvalue weighted by Gasteiger charge is -2.18. The van der Waals surface area contributed by atoms with Gasteiger partial charge in [-0.25, -0.2) is 4.98 Å². The van der Waals surface area contributed by atoms with Gasteiger partial charge in [0.2, 0.25) is 0 Å². The molecule has 1 saturated carbocycles. The topological polar surface area (TPSA) is 64.2 Å². The maximum Gasteiger partial charge on any atom is 0.259 e. The van der Waals surface area contributed by atoms with Crippen LogP contribution in [0, 0.1) is 3.57 Å². The number of hydrogen-bond acceptors (Lipinski definition) is 4. The van der Waals surface area contributed by atoms with Gasteiger partial charge in [-0.2, -0.15) is 0 Å². The van der Waals surface area contributed by atoms with E-state index in [1.54, 1.807) is 13.2 Å². The lowest BCUT2D eigenvalue weighted by atomic mass is 10.1. The number of methoxy groups -OCH3 is 1. The monoisotopic (exact) mass is 462 g/mol. The van der Waals surface area contributed by atoms with E-state index in [1.165, 1.54) is 12.8 Å². The number of halogens is 1. The fourth-order valence-electron chi connectivity index (χ4n) is 3.37. The molecule has 3 aromatic rings. The number of hydrogen-bond donors (Lipinski definition) is 1. The summed E-state index contributed by atoms with van der Waals surface area (Å²) in [7, 11) is 1.63. The van der Waals surface area contributed by atoms with Crippen LogP contribution < -0.4 is 15.0 Å². The Balaban J connectivity index is 1.77. The van der Waals surface area contributed by atoms with Crippen LogP contribution in [-0.2, 0) is 0 Å². The predicted molar refractivity (Wildman–Crippen MR) is 110 cm³/mol. The second-order valence-corrected chi connectivity index (χ2v) is 7.61. The maximum atomic E-state index is 12.4. The molecule has 1 aliphatic rings. The van der Waals surface area contributed by atoms with E-state index in [0.29, 0.717) is 22.5 Å². The lowest BCUT2D eigenvalue weighted by molar-refractivity contribution is 0.199. The standard InChI is InChI=1S/C20H19IN2O3/c1-25-17-11-12(10-15(21)18(17)26-13-6-2-3-7-13)19-22-16-9-5-4-8-14(16)20(24)23-19/h4-5,8-11,13H,2-3,6-7H2,1H3,(H,22,23,24). The van der Waals surface area contributed by atoms with Gasteiger partial charge in [0.15, 0.2) is 11.5 Å². The molecule has 0 atom stereocenters. The molecule has 26 heavy (non-hydrogen) atoms. The van der Waals surface area contributed by atoms with Crippen molar-refractivity contribution < 1.29 is 9.47 Å². The fourth-order valence-corrected chi connectivity index (χ4v) is 4.10. The third kappa shape index (κ3) is 3.30. The van der Waals surface area contributed by atoms with Crippen molar-refractivity contribution in [3.8, 4) is 22.9 Å². The number of fused-ring (bicyclic) bond motifs is 1. The summed E-state index contributed by atoms with van der Waals surface area (Å²) in [6.45, 7) is 0. The molecule has 4 rings (SSSR count). The minimum absolute atomic E-state index is 0.147. The van der Waals surface area contributed by atoms with Gasteiger partial charge < -0.3 is 14.5 Å². The third-order valence-corrected chi connectivity index (χ3v) is 5.50. The molecule has 0 radical (unpaired) electrons. The first-order chi connectivity index (χ1) is 12.7. The Kier molecular flexibility index (Phi) is 4.84. The molecular weight excluding hydrogens is 443 g/mol. The average Bonchev–Trinajstić information content (AvgIpc) is 3.16. The zero-order valence-electron chi connectivity index (χ0n) is 14.4. The minimum atomic E-state index is -0.147. The van der Waals surface area contributed by atoms with Crippen LogP contribution in [0.15, 0.2) is 41.2 Å². The second-order valence-electron chi connectivity index (χ2n) is 6.45. The molecule has 6 heteroatoms. The Morgan fingerprint density at radius 3 is 2.73 bits per heavy atom. The molecule has 1 fully saturated rings. The molecule has 0 saturated heterocycles. The summed E-state index contributed by atoms with van der Waals surface area (Å²) in [6, 6.07) is 11.2. The van der Waals surface area contributed by atoms with Gasteiger partial charge in [-0.3, -0.25) is 4.79 Å². The first-order valence-electron chi connectivity index (χ1n) is 8.69. The van der Waals surface area contributed by atoms with E-state index < -0.39 is 0 Å². The van der Waals surface area contributed by atoms with Crippen molar-refractivity contribution in [1.82, 2.24) is 9.97 Å². The van der Waals surface area contributed by atoms with Gasteiger partial charge in [-0.1, -0.05) is 12.1 Å². The first-order valence-corrected chi connectivity index (χ1v) is 9.77. The Bertz CT molecular complexity index is 1010. The Hall–Kier alpha value is -2.09. The average molecular weight is 462 g/mol. The van der Waals surface area contributed by atoms with E-state index in [9.17, 15) is 4.79 Å². The molecule has 0 aliphatic heterocycles. The predicted octanol–water partition coefficient (Wildman–Crippen LogP) is 4.52. The van der Waals surface area contributed by atoms with E-state index in [-0.39, 0.29) is 11.7 Å². The Labute approximate surface area is 164 Å². The normalized spacial score (nSPS) is 14.7. The highest BCUT2D eigenvalue weighted by molar-refractivity contribution is 14.1. The summed E-state index contributed by atoms with van der Waals surface area (Å²) in [5.74, 6) is 1.96. The van der Waals surface area contributed by atoms with Crippen molar-refractivity contribution in [2.24, 2.45) is 0 Å². The van der Waals surface area contributed by atoms with Gasteiger partial charge in [0.05, 0.1) is 27.7 Å². The van der Waals surface area contributed by atoms with Crippen molar-refractivity contribution in [2.75, 3.05) is 7.11 Å². The smallest absolute Gasteiger partial charge is 0.259 e. The molecule has 2 aromatic carbocycles. The van der Waals surface area contributed by atoms with Crippen LogP contribution in [-0.4, -0.2) is 23.2 Å². The lowest BCUT2D eigenvalue weighted by Crippen LogP contribution is -2.13. The number of rotatable bonds is 4. The summed E-state index contributed by atoms with van der Waals surface area (Å²) in [5.41, 5.74) is 1.32. The molecule has 1 aliphatic carbocycles. The largest absolute Gasteiger partial charge is 0.493 e. The number of aromatic amines is 1. The van der Waals surface area contributed by atoms with E-state index in [1.807, 2.05) is 30.3 Å². The minimum Gasteiger partial charge on any atom is -0.493 e. The van der Waals surface area contributed by atoms with E-state index in [4.69, 9.17) is 9.47 Å². The number of aromatic nitrogens is 2. The van der Waals surface area contributed by atoms with Gasteiger partial charge in [-0.05, 0) is 72.5 Å². The fraction of sp³-hybridized carbons (Fsp3) is 0.300. The molecular formula is C20H19IN2O3. The van der Waals surface area contributed by atoms with Crippen LogP contribution in [0.25, 0.3) is 22.3 Å². The highest BCUT2D eigenvalue weighted by atomic mass is 127. The molecule has 1 aromatic heterocycles. The quantitative estimate of drug-likeness (QED) is 0.579. The zero-order valence-corrected chi connectivity index (χ0v) is 16.6. The van der Waals surface area contributed by atoms with Crippen LogP contribution in [0.1, 0.15) is 25.7 Å². The number of H-pyrrole nitrogens is 1. The van der Waals surface area contributed by atoms with Gasteiger partial charge in [-0.15, -0.1) is 0 Å². The van der Waals surface area contributed by atoms with Crippen molar-refractivity contribution in [2.45, 2.75) is 31.8 Å². The second kappa shape index (κ2) is 7.26. The Morgan fingerprint density at radius 2 is 1.96 bits per heavy atom. The molecule has 0 bridgehead atoms. The van der Waals surface area contributed by atoms with Crippen LogP contribution in [0.3, 0.4) is 0 Å². The van der Waals surface area contributed by atoms with Crippen molar-refractivity contribution in [3.63, 3.8) is 0 Å². The molecule has 0 unspecified atom stereocenters. The molecule has 5 nitrogen and oxygen atoms in total. The van der Waals surface area contributed by atoms with Gasteiger partial charge >= 0.3 is 0 Å². The molecule has 0 amide bonds. The highest BCUT2D eigenvalue weighted by Crippen LogP contribution is 2.38. The third-order valence-electron chi connectivity index (χ3n) is 4.70. The van der Waals surface area contributed by atoms with Gasteiger partial charge in [0.25, 0.3) is 5.56 Å². The summed E-state index contributed by atoms with van der Waals surface area (Å²) >= 11 is 2.25. The van der Waals surface area contributed by atoms with E-state index in [2.05, 4.69) is 32.6 Å². The first kappa shape index (κ1) is 17.3. The van der Waals surface area contributed by atoms with Crippen LogP contribution in [0.5, 0.6) is 11.5 Å².